The maximum atomic E-state index is 13.8. The van der Waals surface area contributed by atoms with Gasteiger partial charge in [-0.15, -0.1) is 0 Å². The number of anilines is 3. The molecule has 0 radical (unpaired) electrons. The van der Waals surface area contributed by atoms with Crippen molar-refractivity contribution >= 4 is 47.2 Å². The van der Waals surface area contributed by atoms with Gasteiger partial charge in [0.15, 0.2) is 0 Å². The van der Waals surface area contributed by atoms with Gasteiger partial charge in [0.05, 0.1) is 30.7 Å². The molecule has 250 valence electrons. The Balaban J connectivity index is 1.23. The summed E-state index contributed by atoms with van der Waals surface area (Å²) in [6.07, 6.45) is -1.97. The molecule has 1 unspecified atom stereocenters. The van der Waals surface area contributed by atoms with Gasteiger partial charge in [0.25, 0.3) is 5.91 Å². The van der Waals surface area contributed by atoms with Gasteiger partial charge >= 0.3 is 6.18 Å². The molecule has 0 aromatic heterocycles. The number of benzene rings is 2. The molecule has 2 saturated heterocycles. The summed E-state index contributed by atoms with van der Waals surface area (Å²) in [5, 5.41) is 5.93. The molecule has 0 saturated carbocycles. The van der Waals surface area contributed by atoms with E-state index in [1.807, 2.05) is 23.6 Å². The van der Waals surface area contributed by atoms with Crippen LogP contribution < -0.4 is 15.5 Å². The second kappa shape index (κ2) is 14.9. The van der Waals surface area contributed by atoms with Crippen LogP contribution in [0.2, 0.25) is 0 Å². The largest absolute Gasteiger partial charge is 0.416 e. The van der Waals surface area contributed by atoms with Crippen molar-refractivity contribution in [1.82, 2.24) is 9.80 Å². The van der Waals surface area contributed by atoms with Gasteiger partial charge in [-0.1, -0.05) is 19.6 Å². The quantitative estimate of drug-likeness (QED) is 0.310. The smallest absolute Gasteiger partial charge is 0.378 e. The summed E-state index contributed by atoms with van der Waals surface area (Å²) in [6, 6.07) is 8.76. The summed E-state index contributed by atoms with van der Waals surface area (Å²) >= 11 is 0. The number of ether oxygens (including phenoxy) is 1. The number of aliphatic imine (C=N–C) groups is 4. The SMILES string of the molecule is C=C1N=C(N2CCOCC2)N=C/C1=N/C=N\C(C)Nc1cc(C(=O)Nc2cc(N3CCN(CC)CC3)cc(C(F)(F)F)c2)ccc1C. The zero-order valence-corrected chi connectivity index (χ0v) is 26.8. The number of rotatable bonds is 8. The van der Waals surface area contributed by atoms with Gasteiger partial charge in [0.1, 0.15) is 18.2 Å². The Bertz CT molecular complexity index is 1590. The lowest BCUT2D eigenvalue weighted by atomic mass is 10.1. The van der Waals surface area contributed by atoms with E-state index in [4.69, 9.17) is 4.74 Å². The first-order valence-corrected chi connectivity index (χ1v) is 15.6. The maximum absolute atomic E-state index is 13.8. The first-order valence-electron chi connectivity index (χ1n) is 15.6. The molecule has 2 fully saturated rings. The first kappa shape index (κ1) is 33.8. The van der Waals surface area contributed by atoms with Crippen LogP contribution >= 0.6 is 0 Å². The number of nitrogens with one attached hydrogen (secondary N) is 2. The number of amides is 1. The fourth-order valence-corrected chi connectivity index (χ4v) is 5.36. The van der Waals surface area contributed by atoms with Gasteiger partial charge in [-0.3, -0.25) is 4.79 Å². The van der Waals surface area contributed by atoms with Crippen LogP contribution in [0.3, 0.4) is 0 Å². The van der Waals surface area contributed by atoms with Crippen LogP contribution in [-0.2, 0) is 10.9 Å². The fourth-order valence-electron chi connectivity index (χ4n) is 5.36. The molecular formula is C33H40F3N9O2. The Morgan fingerprint density at radius 1 is 1.09 bits per heavy atom. The fraction of sp³-hybridized carbons (Fsp3) is 0.424. The number of hydrogen-bond acceptors (Lipinski definition) is 9. The molecule has 14 heteroatoms. The van der Waals surface area contributed by atoms with Crippen molar-refractivity contribution in [2.75, 3.05) is 74.6 Å². The Hall–Kier alpha value is -4.56. The highest BCUT2D eigenvalue weighted by molar-refractivity contribution is 6.41. The minimum Gasteiger partial charge on any atom is -0.378 e. The van der Waals surface area contributed by atoms with Crippen LogP contribution in [0.15, 0.2) is 68.6 Å². The minimum atomic E-state index is -4.56. The van der Waals surface area contributed by atoms with E-state index in [-0.39, 0.29) is 11.3 Å². The van der Waals surface area contributed by atoms with Crippen molar-refractivity contribution in [3.05, 3.63) is 65.4 Å². The van der Waals surface area contributed by atoms with Crippen molar-refractivity contribution in [3.63, 3.8) is 0 Å². The summed E-state index contributed by atoms with van der Waals surface area (Å²) in [5.41, 5.74) is 2.48. The van der Waals surface area contributed by atoms with Crippen molar-refractivity contribution in [1.29, 1.82) is 0 Å². The highest BCUT2D eigenvalue weighted by Crippen LogP contribution is 2.35. The van der Waals surface area contributed by atoms with Gasteiger partial charge < -0.3 is 30.1 Å². The molecular weight excluding hydrogens is 611 g/mol. The lowest BCUT2D eigenvalue weighted by molar-refractivity contribution is -0.137. The molecule has 5 rings (SSSR count). The highest BCUT2D eigenvalue weighted by Gasteiger charge is 2.32. The molecule has 0 bridgehead atoms. The van der Waals surface area contributed by atoms with Crippen molar-refractivity contribution in [3.8, 4) is 0 Å². The third-order valence-corrected chi connectivity index (χ3v) is 8.17. The predicted octanol–water partition coefficient (Wildman–Crippen LogP) is 4.92. The number of likely N-dealkylation sites (N-methyl/N-ethyl adjacent to an activating group) is 1. The van der Waals surface area contributed by atoms with Crippen LogP contribution in [-0.4, -0.2) is 105 Å². The van der Waals surface area contributed by atoms with E-state index in [1.54, 1.807) is 30.5 Å². The number of allylic oxidation sites excluding steroid dienone is 1. The molecule has 1 amide bonds. The van der Waals surface area contributed by atoms with Crippen LogP contribution in [0.25, 0.3) is 0 Å². The molecule has 1 atom stereocenters. The zero-order chi connectivity index (χ0) is 33.6. The number of guanidine groups is 1. The number of aryl methyl sites for hydroxylation is 1. The topological polar surface area (TPSA) is 110 Å². The molecule has 2 aromatic rings. The molecule has 47 heavy (non-hydrogen) atoms. The predicted molar refractivity (Wildman–Crippen MR) is 181 cm³/mol. The van der Waals surface area contributed by atoms with E-state index in [2.05, 4.69) is 49.0 Å². The van der Waals surface area contributed by atoms with Crippen LogP contribution in [0.1, 0.15) is 35.3 Å². The Labute approximate surface area is 272 Å². The molecule has 0 aliphatic carbocycles. The molecule has 2 N–H and O–H groups in total. The van der Waals surface area contributed by atoms with E-state index < -0.39 is 23.8 Å². The van der Waals surface area contributed by atoms with E-state index >= 15 is 0 Å². The average Bonchev–Trinajstić information content (AvgIpc) is 3.06. The van der Waals surface area contributed by atoms with Crippen LogP contribution in [0, 0.1) is 6.92 Å². The third-order valence-electron chi connectivity index (χ3n) is 8.17. The molecule has 0 spiro atoms. The van der Waals surface area contributed by atoms with Gasteiger partial charge in [0, 0.05) is 61.9 Å². The van der Waals surface area contributed by atoms with Gasteiger partial charge in [-0.25, -0.2) is 20.0 Å². The number of hydrogen-bond donors (Lipinski definition) is 2. The summed E-state index contributed by atoms with van der Waals surface area (Å²) in [7, 11) is 0. The summed E-state index contributed by atoms with van der Waals surface area (Å²) in [6.45, 7) is 16.1. The second-order valence-electron chi connectivity index (χ2n) is 11.5. The number of nitrogens with zero attached hydrogens (tertiary/aromatic N) is 7. The average molecular weight is 652 g/mol. The van der Waals surface area contributed by atoms with Crippen molar-refractivity contribution in [2.24, 2.45) is 20.0 Å². The normalized spacial score (nSPS) is 19.3. The number of piperazine rings is 1. The van der Waals surface area contributed by atoms with E-state index in [0.29, 0.717) is 68.1 Å². The Morgan fingerprint density at radius 2 is 1.83 bits per heavy atom. The van der Waals surface area contributed by atoms with Crippen molar-refractivity contribution < 1.29 is 22.7 Å². The van der Waals surface area contributed by atoms with Crippen molar-refractivity contribution in [2.45, 2.75) is 33.1 Å². The van der Waals surface area contributed by atoms with Gasteiger partial charge in [-0.05, 0) is 56.3 Å². The number of halogens is 3. The molecule has 3 aliphatic rings. The zero-order valence-electron chi connectivity index (χ0n) is 26.8. The number of carbonyl (C=O) groups is 1. The number of alkyl halides is 3. The summed E-state index contributed by atoms with van der Waals surface area (Å²) in [5.74, 6) is 0.0614. The second-order valence-corrected chi connectivity index (χ2v) is 11.5. The molecule has 3 aliphatic heterocycles. The van der Waals surface area contributed by atoms with Gasteiger partial charge in [0.2, 0.25) is 5.96 Å². The third kappa shape index (κ3) is 8.83. The monoisotopic (exact) mass is 651 g/mol. The Kier molecular flexibility index (Phi) is 10.7. The Morgan fingerprint density at radius 3 is 2.51 bits per heavy atom. The first-order chi connectivity index (χ1) is 22.5. The van der Waals surface area contributed by atoms with Crippen LogP contribution in [0.5, 0.6) is 0 Å². The maximum Gasteiger partial charge on any atom is 0.416 e. The summed E-state index contributed by atoms with van der Waals surface area (Å²) in [4.78, 5) is 37.1. The number of morpholine rings is 1. The van der Waals surface area contributed by atoms with Crippen LogP contribution in [0.4, 0.5) is 30.2 Å². The van der Waals surface area contributed by atoms with Gasteiger partial charge in [-0.2, -0.15) is 13.2 Å². The highest BCUT2D eigenvalue weighted by atomic mass is 19.4. The lowest BCUT2D eigenvalue weighted by Gasteiger charge is -2.36. The van der Waals surface area contributed by atoms with E-state index in [9.17, 15) is 18.0 Å². The van der Waals surface area contributed by atoms with E-state index in [1.165, 1.54) is 6.34 Å². The lowest BCUT2D eigenvalue weighted by Crippen LogP contribution is -2.46. The minimum absolute atomic E-state index is 0.0825. The number of carbonyl (C=O) groups excluding carboxylic acids is 1. The molecule has 11 nitrogen and oxygen atoms in total. The molecule has 3 heterocycles. The standard InChI is InChI=1S/C33H40F3N9O2/c1-5-43-8-10-44(11-9-43)28-18-26(33(34,35)36)17-27(19-28)42-31(46)25-7-6-22(2)29(16-25)41-24(4)38-21-39-30-20-37-32(40-23(30)3)45-12-14-47-15-13-45/h6-7,16-21,24,41H,3,5,8-15H2,1-2,4H3,(H,42,46)/b38-21-,39-30-. The molecule has 2 aromatic carbocycles. The van der Waals surface area contributed by atoms with E-state index in [0.717, 1.165) is 37.3 Å². The summed E-state index contributed by atoms with van der Waals surface area (Å²) < 4.78 is 46.8.